The molecule has 2 aliphatic heterocycles. The lowest BCUT2D eigenvalue weighted by Crippen LogP contribution is -2.63. The van der Waals surface area contributed by atoms with Crippen molar-refractivity contribution in [2.45, 2.75) is 37.8 Å². The van der Waals surface area contributed by atoms with E-state index in [-0.39, 0.29) is 11.9 Å². The summed E-state index contributed by atoms with van der Waals surface area (Å²) in [5.74, 6) is 0.0965. The summed E-state index contributed by atoms with van der Waals surface area (Å²) in [5, 5.41) is 3.48. The van der Waals surface area contributed by atoms with E-state index in [2.05, 4.69) is 5.32 Å². The first kappa shape index (κ1) is 9.93. The number of nitrogens with two attached hydrogens (primary N) is 1. The highest BCUT2D eigenvalue weighted by molar-refractivity contribution is 5.81. The molecule has 1 spiro atoms. The summed E-state index contributed by atoms with van der Waals surface area (Å²) in [6.45, 7) is 4.64. The van der Waals surface area contributed by atoms with Crippen molar-refractivity contribution < 1.29 is 4.79 Å². The number of rotatable bonds is 1. The molecule has 2 saturated heterocycles. The van der Waals surface area contributed by atoms with Gasteiger partial charge in [0.05, 0.1) is 6.04 Å². The second-order valence-corrected chi connectivity index (χ2v) is 4.57. The van der Waals surface area contributed by atoms with Gasteiger partial charge in [-0.15, -0.1) is 0 Å². The molecular weight excluding hydrogens is 178 g/mol. The average molecular weight is 197 g/mol. The zero-order valence-electron chi connectivity index (χ0n) is 8.75. The first-order valence-corrected chi connectivity index (χ1v) is 5.42. The number of hydrogen-bond acceptors (Lipinski definition) is 3. The molecule has 1 atom stereocenters. The maximum Gasteiger partial charge on any atom is 0.239 e. The van der Waals surface area contributed by atoms with Gasteiger partial charge in [-0.25, -0.2) is 0 Å². The molecule has 2 aliphatic rings. The van der Waals surface area contributed by atoms with E-state index in [0.29, 0.717) is 5.54 Å². The molecule has 0 radical (unpaired) electrons. The van der Waals surface area contributed by atoms with Crippen LogP contribution in [0.3, 0.4) is 0 Å². The predicted molar refractivity (Wildman–Crippen MR) is 54.8 cm³/mol. The normalized spacial score (nSPS) is 27.1. The van der Waals surface area contributed by atoms with Crippen molar-refractivity contribution in [2.24, 2.45) is 5.73 Å². The zero-order chi connectivity index (χ0) is 10.2. The number of carbonyl (C=O) groups is 1. The molecule has 4 heteroatoms. The molecular formula is C10H19N3O. The Hall–Kier alpha value is -0.610. The molecule has 0 aromatic rings. The first-order chi connectivity index (χ1) is 6.63. The van der Waals surface area contributed by atoms with Gasteiger partial charge >= 0.3 is 0 Å². The van der Waals surface area contributed by atoms with Crippen LogP contribution >= 0.6 is 0 Å². The van der Waals surface area contributed by atoms with Crippen LogP contribution in [-0.4, -0.2) is 42.0 Å². The summed E-state index contributed by atoms with van der Waals surface area (Å²) < 4.78 is 0. The third-order valence-corrected chi connectivity index (χ3v) is 3.53. The fraction of sp³-hybridized carbons (Fsp3) is 0.900. The van der Waals surface area contributed by atoms with Gasteiger partial charge in [0.1, 0.15) is 0 Å². The molecule has 4 nitrogen and oxygen atoms in total. The van der Waals surface area contributed by atoms with Crippen molar-refractivity contribution in [1.82, 2.24) is 10.2 Å². The zero-order valence-corrected chi connectivity index (χ0v) is 8.75. The smallest absolute Gasteiger partial charge is 0.239 e. The molecule has 0 saturated carbocycles. The fourth-order valence-corrected chi connectivity index (χ4v) is 2.35. The topological polar surface area (TPSA) is 58.4 Å². The van der Waals surface area contributed by atoms with Crippen LogP contribution in [0.25, 0.3) is 0 Å². The van der Waals surface area contributed by atoms with E-state index in [9.17, 15) is 4.79 Å². The summed E-state index contributed by atoms with van der Waals surface area (Å²) in [6, 6.07) is -0.349. The number of likely N-dealkylation sites (tertiary alicyclic amines) is 1. The lowest BCUT2D eigenvalue weighted by Gasteiger charge is -2.49. The van der Waals surface area contributed by atoms with Gasteiger partial charge in [0.2, 0.25) is 5.91 Å². The predicted octanol–water partition coefficient (Wildman–Crippen LogP) is -0.312. The minimum atomic E-state index is -0.349. The number of nitrogens with one attached hydrogen (secondary N) is 1. The van der Waals surface area contributed by atoms with Gasteiger partial charge in [-0.2, -0.15) is 0 Å². The monoisotopic (exact) mass is 197 g/mol. The number of piperidine rings is 1. The third-order valence-electron chi connectivity index (χ3n) is 3.53. The molecule has 0 aromatic heterocycles. The Morgan fingerprint density at radius 3 is 2.36 bits per heavy atom. The highest BCUT2D eigenvalue weighted by Crippen LogP contribution is 2.30. The largest absolute Gasteiger partial charge is 0.341 e. The molecule has 2 fully saturated rings. The van der Waals surface area contributed by atoms with E-state index >= 15 is 0 Å². The van der Waals surface area contributed by atoms with Crippen LogP contribution in [0, 0.1) is 0 Å². The summed E-state index contributed by atoms with van der Waals surface area (Å²) in [6.07, 6.45) is 3.45. The Morgan fingerprint density at radius 2 is 2.00 bits per heavy atom. The van der Waals surface area contributed by atoms with Crippen LogP contribution in [-0.2, 0) is 4.79 Å². The van der Waals surface area contributed by atoms with Crippen molar-refractivity contribution in [2.75, 3.05) is 19.6 Å². The van der Waals surface area contributed by atoms with E-state index in [1.807, 2.05) is 4.90 Å². The molecule has 0 aliphatic carbocycles. The van der Waals surface area contributed by atoms with Gasteiger partial charge in [-0.1, -0.05) is 0 Å². The van der Waals surface area contributed by atoms with Crippen LogP contribution in [0.4, 0.5) is 0 Å². The molecule has 0 aromatic carbocycles. The van der Waals surface area contributed by atoms with Crippen molar-refractivity contribution >= 4 is 5.91 Å². The van der Waals surface area contributed by atoms with Crippen molar-refractivity contribution in [1.29, 1.82) is 0 Å². The van der Waals surface area contributed by atoms with E-state index in [1.54, 1.807) is 6.92 Å². The maximum absolute atomic E-state index is 11.6. The Kier molecular flexibility index (Phi) is 2.49. The molecule has 2 heterocycles. The molecule has 14 heavy (non-hydrogen) atoms. The molecule has 1 amide bonds. The fourth-order valence-electron chi connectivity index (χ4n) is 2.35. The standard InChI is InChI=1S/C10H19N3O/c1-8(11)9(14)13-6-3-10(4-7-13)2-5-12-10/h8,12H,2-7,11H2,1H3/t8-/m0/s1. The summed E-state index contributed by atoms with van der Waals surface area (Å²) in [7, 11) is 0. The van der Waals surface area contributed by atoms with E-state index in [4.69, 9.17) is 5.73 Å². The van der Waals surface area contributed by atoms with Crippen LogP contribution in [0.2, 0.25) is 0 Å². The van der Waals surface area contributed by atoms with Crippen LogP contribution in [0.15, 0.2) is 0 Å². The van der Waals surface area contributed by atoms with Gasteiger partial charge < -0.3 is 16.0 Å². The Bertz CT molecular complexity index is 226. The highest BCUT2D eigenvalue weighted by Gasteiger charge is 2.40. The van der Waals surface area contributed by atoms with Crippen LogP contribution < -0.4 is 11.1 Å². The number of hydrogen-bond donors (Lipinski definition) is 2. The minimum absolute atomic E-state index is 0.0965. The Balaban J connectivity index is 1.86. The Labute approximate surface area is 84.8 Å². The SMILES string of the molecule is C[C@H](N)C(=O)N1CCC2(CCN2)CC1. The van der Waals surface area contributed by atoms with Crippen molar-refractivity contribution in [3.63, 3.8) is 0 Å². The van der Waals surface area contributed by atoms with E-state index < -0.39 is 0 Å². The molecule has 0 unspecified atom stereocenters. The van der Waals surface area contributed by atoms with Gasteiger partial charge in [0.15, 0.2) is 0 Å². The van der Waals surface area contributed by atoms with E-state index in [0.717, 1.165) is 32.5 Å². The molecule has 0 bridgehead atoms. The van der Waals surface area contributed by atoms with E-state index in [1.165, 1.54) is 6.42 Å². The second-order valence-electron chi connectivity index (χ2n) is 4.57. The van der Waals surface area contributed by atoms with Gasteiger partial charge in [-0.3, -0.25) is 4.79 Å². The number of nitrogens with zero attached hydrogens (tertiary/aromatic N) is 1. The summed E-state index contributed by atoms with van der Waals surface area (Å²) in [4.78, 5) is 13.5. The lowest BCUT2D eigenvalue weighted by atomic mass is 9.79. The van der Waals surface area contributed by atoms with Gasteiger partial charge in [-0.05, 0) is 32.7 Å². The third kappa shape index (κ3) is 1.64. The van der Waals surface area contributed by atoms with Gasteiger partial charge in [0, 0.05) is 18.6 Å². The molecule has 3 N–H and O–H groups in total. The highest BCUT2D eigenvalue weighted by atomic mass is 16.2. The second kappa shape index (κ2) is 3.51. The summed E-state index contributed by atoms with van der Waals surface area (Å²) >= 11 is 0. The summed E-state index contributed by atoms with van der Waals surface area (Å²) in [5.41, 5.74) is 5.94. The first-order valence-electron chi connectivity index (χ1n) is 5.42. The molecule has 2 rings (SSSR count). The van der Waals surface area contributed by atoms with Crippen molar-refractivity contribution in [3.8, 4) is 0 Å². The molecule has 80 valence electrons. The minimum Gasteiger partial charge on any atom is -0.341 e. The van der Waals surface area contributed by atoms with Crippen LogP contribution in [0.1, 0.15) is 26.2 Å². The van der Waals surface area contributed by atoms with Crippen LogP contribution in [0.5, 0.6) is 0 Å². The Morgan fingerprint density at radius 1 is 1.43 bits per heavy atom. The lowest BCUT2D eigenvalue weighted by molar-refractivity contribution is -0.134. The number of amides is 1. The quantitative estimate of drug-likeness (QED) is 0.606. The average Bonchev–Trinajstić information content (AvgIpc) is 2.14. The number of carbonyl (C=O) groups excluding carboxylic acids is 1. The maximum atomic E-state index is 11.6. The van der Waals surface area contributed by atoms with Crippen molar-refractivity contribution in [3.05, 3.63) is 0 Å². The van der Waals surface area contributed by atoms with Gasteiger partial charge in [0.25, 0.3) is 0 Å².